The van der Waals surface area contributed by atoms with E-state index in [2.05, 4.69) is 163 Å². The first kappa shape index (κ1) is 27.8. The van der Waals surface area contributed by atoms with Gasteiger partial charge in [-0.3, -0.25) is 0 Å². The van der Waals surface area contributed by atoms with Gasteiger partial charge in [0.1, 0.15) is 5.01 Å². The summed E-state index contributed by atoms with van der Waals surface area (Å²) in [5.41, 5.74) is 8.05. The molecule has 0 spiro atoms. The van der Waals surface area contributed by atoms with Crippen LogP contribution < -0.4 is 4.90 Å². The second kappa shape index (κ2) is 11.1. The van der Waals surface area contributed by atoms with Crippen LogP contribution in [0.5, 0.6) is 0 Å². The van der Waals surface area contributed by atoms with E-state index in [0.717, 1.165) is 33.1 Å². The van der Waals surface area contributed by atoms with Gasteiger partial charge in [0.05, 0.1) is 10.2 Å². The Kier molecular flexibility index (Phi) is 6.44. The minimum Gasteiger partial charge on any atom is -0.310 e. The van der Waals surface area contributed by atoms with E-state index in [-0.39, 0.29) is 0 Å². The average Bonchev–Trinajstić information content (AvgIpc) is 3.86. The van der Waals surface area contributed by atoms with Crippen molar-refractivity contribution >= 4 is 102 Å². The Bertz CT molecular complexity index is 2770. The number of hydrogen-bond acceptors (Lipinski definition) is 5. The second-order valence-corrected chi connectivity index (χ2v) is 15.1. The molecule has 7 aromatic carbocycles. The van der Waals surface area contributed by atoms with Crippen molar-refractivity contribution in [3.63, 3.8) is 0 Å². The summed E-state index contributed by atoms with van der Waals surface area (Å²) in [6.45, 7) is 0. The van der Waals surface area contributed by atoms with Gasteiger partial charge in [0.15, 0.2) is 0 Å². The number of anilines is 3. The van der Waals surface area contributed by atoms with Crippen molar-refractivity contribution in [2.45, 2.75) is 0 Å². The maximum absolute atomic E-state index is 5.07. The van der Waals surface area contributed by atoms with Crippen molar-refractivity contribution in [2.24, 2.45) is 0 Å². The number of thiazole rings is 1. The zero-order chi connectivity index (χ0) is 31.6. The third-order valence-electron chi connectivity index (χ3n) is 9.10. The first-order valence-corrected chi connectivity index (χ1v) is 18.4. The Balaban J connectivity index is 1.18. The van der Waals surface area contributed by atoms with Gasteiger partial charge >= 0.3 is 0 Å². The van der Waals surface area contributed by atoms with E-state index in [1.165, 1.54) is 56.2 Å². The van der Waals surface area contributed by atoms with Crippen LogP contribution in [-0.2, 0) is 0 Å². The Labute approximate surface area is 289 Å². The molecule has 0 fully saturated rings. The Morgan fingerprint density at radius 3 is 1.73 bits per heavy atom. The fraction of sp³-hybridized carbons (Fsp3) is 0. The number of thiophene rings is 2. The van der Waals surface area contributed by atoms with Gasteiger partial charge in [-0.1, -0.05) is 91.0 Å². The minimum atomic E-state index is 1.06. The maximum atomic E-state index is 5.07. The molecule has 2 nitrogen and oxygen atoms in total. The van der Waals surface area contributed by atoms with Crippen LogP contribution in [0.25, 0.3) is 72.3 Å². The van der Waals surface area contributed by atoms with Crippen molar-refractivity contribution in [1.82, 2.24) is 4.98 Å². The quantitative estimate of drug-likeness (QED) is 0.182. The summed E-state index contributed by atoms with van der Waals surface area (Å²) in [5.74, 6) is 0. The highest BCUT2D eigenvalue weighted by molar-refractivity contribution is 7.28. The second-order valence-electron chi connectivity index (χ2n) is 12.0. The summed E-state index contributed by atoms with van der Waals surface area (Å²) in [6, 6.07) is 57.1. The van der Waals surface area contributed by atoms with Gasteiger partial charge in [0.2, 0.25) is 0 Å². The lowest BCUT2D eigenvalue weighted by molar-refractivity contribution is 1.30. The number of fused-ring (bicyclic) bond motifs is 8. The zero-order valence-corrected chi connectivity index (χ0v) is 28.1. The van der Waals surface area contributed by atoms with Crippen LogP contribution in [0.1, 0.15) is 0 Å². The predicted octanol–water partition coefficient (Wildman–Crippen LogP) is 13.8. The van der Waals surface area contributed by atoms with Gasteiger partial charge in [-0.2, -0.15) is 0 Å². The standard InChI is InChI=1S/C43H26N2S3/c1-3-9-27(10-4-1)28-15-17-30(18-16-28)45(31-19-22-38-34(25-31)33-13-7-8-14-37(33)46-38)32-20-23-39-35(26-32)41-40(47-39)24-21-36-42(41)48-43(44-36)29-11-5-2-6-12-29/h1-26H. The molecule has 0 aliphatic heterocycles. The molecular weight excluding hydrogens is 641 g/mol. The van der Waals surface area contributed by atoms with Crippen LogP contribution in [0, 0.1) is 0 Å². The SMILES string of the molecule is c1ccc(-c2ccc(N(c3ccc4sc5ccccc5c4c3)c3ccc4sc5ccc6nc(-c7ccccc7)sc6c5c4c3)cc2)cc1. The van der Waals surface area contributed by atoms with Crippen molar-refractivity contribution in [2.75, 3.05) is 4.90 Å². The molecule has 10 rings (SSSR count). The van der Waals surface area contributed by atoms with E-state index < -0.39 is 0 Å². The van der Waals surface area contributed by atoms with Crippen molar-refractivity contribution in [1.29, 1.82) is 0 Å². The molecule has 3 heterocycles. The minimum absolute atomic E-state index is 1.06. The Morgan fingerprint density at radius 2 is 0.958 bits per heavy atom. The predicted molar refractivity (Wildman–Crippen MR) is 211 cm³/mol. The van der Waals surface area contributed by atoms with E-state index in [9.17, 15) is 0 Å². The first-order valence-electron chi connectivity index (χ1n) is 15.9. The molecule has 0 N–H and O–H groups in total. The number of hydrogen-bond donors (Lipinski definition) is 0. The van der Waals surface area contributed by atoms with Gasteiger partial charge in [-0.25, -0.2) is 4.98 Å². The molecular formula is C43H26N2S3. The van der Waals surface area contributed by atoms with Crippen LogP contribution >= 0.6 is 34.0 Å². The molecule has 0 bridgehead atoms. The number of rotatable bonds is 5. The first-order chi connectivity index (χ1) is 23.8. The summed E-state index contributed by atoms with van der Waals surface area (Å²) in [5, 5.41) is 6.23. The molecule has 0 aliphatic rings. The third kappa shape index (κ3) is 4.54. The molecule has 10 aromatic rings. The summed E-state index contributed by atoms with van der Waals surface area (Å²) >= 11 is 5.51. The zero-order valence-electron chi connectivity index (χ0n) is 25.6. The number of benzene rings is 7. The van der Waals surface area contributed by atoms with Crippen LogP contribution in [0.2, 0.25) is 0 Å². The van der Waals surface area contributed by atoms with Gasteiger partial charge in [-0.05, 0) is 77.9 Å². The molecule has 0 atom stereocenters. The van der Waals surface area contributed by atoms with Crippen LogP contribution in [0.4, 0.5) is 17.1 Å². The molecule has 0 saturated heterocycles. The molecule has 0 amide bonds. The van der Waals surface area contributed by atoms with Gasteiger partial charge in [-0.15, -0.1) is 34.0 Å². The summed E-state index contributed by atoms with van der Waals surface area (Å²) in [6.07, 6.45) is 0. The topological polar surface area (TPSA) is 16.1 Å². The Hall–Kier alpha value is -5.33. The lowest BCUT2D eigenvalue weighted by Crippen LogP contribution is -2.09. The highest BCUT2D eigenvalue weighted by Gasteiger charge is 2.19. The van der Waals surface area contributed by atoms with E-state index >= 15 is 0 Å². The number of nitrogens with zero attached hydrogens (tertiary/aromatic N) is 2. The normalized spacial score (nSPS) is 11.8. The largest absolute Gasteiger partial charge is 0.310 e. The molecule has 3 aromatic heterocycles. The fourth-order valence-corrected chi connectivity index (χ4v) is 10.2. The monoisotopic (exact) mass is 666 g/mol. The smallest absolute Gasteiger partial charge is 0.124 e. The van der Waals surface area contributed by atoms with Crippen molar-refractivity contribution < 1.29 is 0 Å². The van der Waals surface area contributed by atoms with E-state index in [4.69, 9.17) is 4.98 Å². The third-order valence-corrected chi connectivity index (χ3v) is 12.5. The maximum Gasteiger partial charge on any atom is 0.124 e. The molecule has 0 saturated carbocycles. The van der Waals surface area contributed by atoms with E-state index in [1.807, 2.05) is 22.7 Å². The average molecular weight is 667 g/mol. The summed E-state index contributed by atoms with van der Waals surface area (Å²) in [4.78, 5) is 7.48. The molecule has 0 unspecified atom stereocenters. The fourth-order valence-electron chi connectivity index (χ4n) is 6.81. The van der Waals surface area contributed by atoms with Crippen molar-refractivity contribution in [3.05, 3.63) is 158 Å². The highest BCUT2D eigenvalue weighted by atomic mass is 32.1. The number of aromatic nitrogens is 1. The Morgan fingerprint density at radius 1 is 0.396 bits per heavy atom. The van der Waals surface area contributed by atoms with Gasteiger partial charge in [0.25, 0.3) is 0 Å². The van der Waals surface area contributed by atoms with E-state index in [1.54, 1.807) is 11.3 Å². The molecule has 0 aliphatic carbocycles. The van der Waals surface area contributed by atoms with Crippen LogP contribution in [-0.4, -0.2) is 4.98 Å². The van der Waals surface area contributed by atoms with E-state index in [0.29, 0.717) is 0 Å². The molecule has 5 heteroatoms. The van der Waals surface area contributed by atoms with Crippen LogP contribution in [0.15, 0.2) is 158 Å². The van der Waals surface area contributed by atoms with Crippen molar-refractivity contribution in [3.8, 4) is 21.7 Å². The lowest BCUT2D eigenvalue weighted by atomic mass is 10.0. The lowest BCUT2D eigenvalue weighted by Gasteiger charge is -2.26. The van der Waals surface area contributed by atoms with Crippen LogP contribution in [0.3, 0.4) is 0 Å². The van der Waals surface area contributed by atoms with Gasteiger partial charge < -0.3 is 4.90 Å². The highest BCUT2D eigenvalue weighted by Crippen LogP contribution is 2.46. The van der Waals surface area contributed by atoms with Gasteiger partial charge in [0, 0.05) is 63.0 Å². The summed E-state index contributed by atoms with van der Waals surface area (Å²) < 4.78 is 6.45. The molecule has 48 heavy (non-hydrogen) atoms. The summed E-state index contributed by atoms with van der Waals surface area (Å²) in [7, 11) is 0. The molecule has 226 valence electrons. The molecule has 0 radical (unpaired) electrons.